The normalized spacial score (nSPS) is 13.3. The SMILES string of the molecule is CC(C=Cc1ccc(C(F)(F)F)cc1)OC(=O)CNC(=O)OC(C)(C)C. The first-order valence-corrected chi connectivity index (χ1v) is 7.88. The van der Waals surface area contributed by atoms with Crippen molar-refractivity contribution in [2.45, 2.75) is 45.6 Å². The fraction of sp³-hybridized carbons (Fsp3) is 0.444. The molecule has 1 rings (SSSR count). The lowest BCUT2D eigenvalue weighted by molar-refractivity contribution is -0.145. The number of hydrogen-bond acceptors (Lipinski definition) is 4. The molecule has 1 aromatic carbocycles. The molecule has 1 aromatic rings. The van der Waals surface area contributed by atoms with Crippen molar-refractivity contribution in [3.8, 4) is 0 Å². The van der Waals surface area contributed by atoms with Gasteiger partial charge in [0, 0.05) is 0 Å². The Hall–Kier alpha value is -2.51. The van der Waals surface area contributed by atoms with Gasteiger partial charge in [-0.05, 0) is 51.5 Å². The van der Waals surface area contributed by atoms with Crippen molar-refractivity contribution in [3.05, 3.63) is 41.5 Å². The third-order valence-electron chi connectivity index (χ3n) is 2.89. The predicted molar refractivity (Wildman–Crippen MR) is 90.3 cm³/mol. The fourth-order valence-electron chi connectivity index (χ4n) is 1.78. The zero-order valence-electron chi connectivity index (χ0n) is 15.0. The van der Waals surface area contributed by atoms with Gasteiger partial charge in [-0.15, -0.1) is 0 Å². The van der Waals surface area contributed by atoms with E-state index in [2.05, 4.69) is 5.32 Å². The number of carbonyl (C=O) groups is 2. The van der Waals surface area contributed by atoms with E-state index < -0.39 is 35.5 Å². The maximum Gasteiger partial charge on any atom is 0.416 e. The Morgan fingerprint density at radius 3 is 2.23 bits per heavy atom. The lowest BCUT2D eigenvalue weighted by atomic mass is 10.1. The molecule has 0 radical (unpaired) electrons. The number of amides is 1. The molecule has 1 N–H and O–H groups in total. The standard InChI is InChI=1S/C18H22F3NO4/c1-12(25-15(23)11-22-16(24)26-17(2,3)4)5-6-13-7-9-14(10-8-13)18(19,20)21/h5-10,12H,11H2,1-4H3,(H,22,24). The zero-order valence-corrected chi connectivity index (χ0v) is 15.0. The van der Waals surface area contributed by atoms with E-state index in [1.54, 1.807) is 33.8 Å². The Balaban J connectivity index is 2.45. The van der Waals surface area contributed by atoms with Crippen LogP contribution in [-0.2, 0) is 20.4 Å². The van der Waals surface area contributed by atoms with Gasteiger partial charge >= 0.3 is 18.2 Å². The summed E-state index contributed by atoms with van der Waals surface area (Å²) in [6.07, 6.45) is -2.67. The second kappa shape index (κ2) is 8.73. The van der Waals surface area contributed by atoms with Crippen molar-refractivity contribution in [2.24, 2.45) is 0 Å². The number of esters is 1. The quantitative estimate of drug-likeness (QED) is 0.787. The summed E-state index contributed by atoms with van der Waals surface area (Å²) >= 11 is 0. The number of alkyl carbamates (subject to hydrolysis) is 1. The Morgan fingerprint density at radius 2 is 1.73 bits per heavy atom. The zero-order chi connectivity index (χ0) is 20.0. The largest absolute Gasteiger partial charge is 0.457 e. The molecule has 0 saturated carbocycles. The molecule has 26 heavy (non-hydrogen) atoms. The van der Waals surface area contributed by atoms with Crippen LogP contribution in [-0.4, -0.2) is 30.3 Å². The highest BCUT2D eigenvalue weighted by atomic mass is 19.4. The highest BCUT2D eigenvalue weighted by Gasteiger charge is 2.29. The summed E-state index contributed by atoms with van der Waals surface area (Å²) < 4.78 is 47.5. The topological polar surface area (TPSA) is 64.6 Å². The van der Waals surface area contributed by atoms with E-state index in [0.717, 1.165) is 12.1 Å². The minimum absolute atomic E-state index is 0.354. The molecule has 1 atom stereocenters. The lowest BCUT2D eigenvalue weighted by Gasteiger charge is -2.19. The molecule has 0 heterocycles. The number of hydrogen-bond donors (Lipinski definition) is 1. The first-order chi connectivity index (χ1) is 11.9. The highest BCUT2D eigenvalue weighted by Crippen LogP contribution is 2.29. The van der Waals surface area contributed by atoms with Crippen molar-refractivity contribution in [1.29, 1.82) is 0 Å². The number of benzene rings is 1. The van der Waals surface area contributed by atoms with Gasteiger partial charge in [0.1, 0.15) is 18.2 Å². The van der Waals surface area contributed by atoms with Crippen molar-refractivity contribution in [2.75, 3.05) is 6.54 Å². The van der Waals surface area contributed by atoms with Crippen LogP contribution in [0.3, 0.4) is 0 Å². The molecule has 0 fully saturated rings. The Labute approximate surface area is 150 Å². The number of halogens is 3. The third kappa shape index (κ3) is 8.55. The maximum atomic E-state index is 12.5. The van der Waals surface area contributed by atoms with E-state index in [4.69, 9.17) is 9.47 Å². The van der Waals surface area contributed by atoms with Crippen LogP contribution in [0.4, 0.5) is 18.0 Å². The summed E-state index contributed by atoms with van der Waals surface area (Å²) in [4.78, 5) is 23.1. The van der Waals surface area contributed by atoms with Crippen LogP contribution in [0.15, 0.2) is 30.3 Å². The van der Waals surface area contributed by atoms with Gasteiger partial charge in [-0.25, -0.2) is 4.79 Å². The average molecular weight is 373 g/mol. The van der Waals surface area contributed by atoms with Gasteiger partial charge in [0.15, 0.2) is 0 Å². The molecule has 1 amide bonds. The molecule has 1 unspecified atom stereocenters. The molecule has 0 aliphatic rings. The summed E-state index contributed by atoms with van der Waals surface area (Å²) in [5.41, 5.74) is -0.874. The van der Waals surface area contributed by atoms with Crippen LogP contribution in [0.1, 0.15) is 38.8 Å². The van der Waals surface area contributed by atoms with Crippen molar-refractivity contribution in [1.82, 2.24) is 5.32 Å². The minimum atomic E-state index is -4.38. The molecular weight excluding hydrogens is 351 g/mol. The molecule has 0 spiro atoms. The predicted octanol–water partition coefficient (Wildman–Crippen LogP) is 4.18. The molecule has 5 nitrogen and oxygen atoms in total. The molecule has 144 valence electrons. The van der Waals surface area contributed by atoms with Crippen LogP contribution >= 0.6 is 0 Å². The van der Waals surface area contributed by atoms with Gasteiger partial charge in [-0.2, -0.15) is 13.2 Å². The summed E-state index contributed by atoms with van der Waals surface area (Å²) in [6, 6.07) is 4.58. The van der Waals surface area contributed by atoms with Crippen LogP contribution in [0.25, 0.3) is 6.08 Å². The molecular formula is C18H22F3NO4. The summed E-state index contributed by atoms with van der Waals surface area (Å²) in [5.74, 6) is -0.666. The van der Waals surface area contributed by atoms with Crippen LogP contribution in [0.2, 0.25) is 0 Å². The van der Waals surface area contributed by atoms with E-state index in [0.29, 0.717) is 5.56 Å². The Morgan fingerprint density at radius 1 is 1.15 bits per heavy atom. The Kier molecular flexibility index (Phi) is 7.23. The van der Waals surface area contributed by atoms with Gasteiger partial charge in [-0.3, -0.25) is 4.79 Å². The van der Waals surface area contributed by atoms with Gasteiger partial charge in [0.2, 0.25) is 0 Å². The second-order valence-electron chi connectivity index (χ2n) is 6.53. The molecule has 8 heteroatoms. The minimum Gasteiger partial charge on any atom is -0.457 e. The van der Waals surface area contributed by atoms with Crippen molar-refractivity contribution in [3.63, 3.8) is 0 Å². The van der Waals surface area contributed by atoms with Gasteiger partial charge < -0.3 is 14.8 Å². The van der Waals surface area contributed by atoms with E-state index in [1.807, 2.05) is 0 Å². The van der Waals surface area contributed by atoms with E-state index in [1.165, 1.54) is 18.2 Å². The van der Waals surface area contributed by atoms with Gasteiger partial charge in [-0.1, -0.05) is 18.2 Å². The van der Waals surface area contributed by atoms with Crippen LogP contribution in [0, 0.1) is 0 Å². The van der Waals surface area contributed by atoms with E-state index in [9.17, 15) is 22.8 Å². The van der Waals surface area contributed by atoms with Crippen LogP contribution < -0.4 is 5.32 Å². The van der Waals surface area contributed by atoms with E-state index >= 15 is 0 Å². The first-order valence-electron chi connectivity index (χ1n) is 7.88. The number of nitrogens with one attached hydrogen (secondary N) is 1. The summed E-state index contributed by atoms with van der Waals surface area (Å²) in [5, 5.41) is 2.27. The first kappa shape index (κ1) is 21.5. The van der Waals surface area contributed by atoms with Gasteiger partial charge in [0.05, 0.1) is 5.56 Å². The number of alkyl halides is 3. The van der Waals surface area contributed by atoms with Crippen molar-refractivity contribution >= 4 is 18.1 Å². The molecule has 0 aliphatic carbocycles. The molecule has 0 aliphatic heterocycles. The van der Waals surface area contributed by atoms with Crippen molar-refractivity contribution < 1.29 is 32.2 Å². The highest BCUT2D eigenvalue weighted by molar-refractivity contribution is 5.78. The van der Waals surface area contributed by atoms with E-state index in [-0.39, 0.29) is 6.54 Å². The fourth-order valence-corrected chi connectivity index (χ4v) is 1.78. The average Bonchev–Trinajstić information content (AvgIpc) is 2.49. The summed E-state index contributed by atoms with van der Waals surface area (Å²) in [7, 11) is 0. The van der Waals surface area contributed by atoms with Gasteiger partial charge in [0.25, 0.3) is 0 Å². The molecule has 0 bridgehead atoms. The Bertz CT molecular complexity index is 646. The maximum absolute atomic E-state index is 12.5. The number of ether oxygens (including phenoxy) is 2. The summed E-state index contributed by atoms with van der Waals surface area (Å²) in [6.45, 7) is 6.32. The lowest BCUT2D eigenvalue weighted by Crippen LogP contribution is -2.36. The third-order valence-corrected chi connectivity index (χ3v) is 2.89. The number of carbonyl (C=O) groups excluding carboxylic acids is 2. The molecule has 0 aromatic heterocycles. The molecule has 0 saturated heterocycles. The number of rotatable bonds is 5. The monoisotopic (exact) mass is 373 g/mol. The smallest absolute Gasteiger partial charge is 0.416 e. The second-order valence-corrected chi connectivity index (χ2v) is 6.53. The van der Waals surface area contributed by atoms with Crippen LogP contribution in [0.5, 0.6) is 0 Å².